The lowest BCUT2D eigenvalue weighted by atomic mass is 9.99. The van der Waals surface area contributed by atoms with Crippen molar-refractivity contribution in [2.75, 3.05) is 13.7 Å². The zero-order valence-electron chi connectivity index (χ0n) is 16.2. The SMILES string of the molecule is COc1cc(CO)ccc1O[C@@H]1O[C@H](COC(=O)c2ccccc2)[C@@H](O)[C@H](O)[C@H]1O. The van der Waals surface area contributed by atoms with Crippen LogP contribution < -0.4 is 9.47 Å². The molecule has 9 nitrogen and oxygen atoms in total. The predicted molar refractivity (Wildman–Crippen MR) is 103 cm³/mol. The first-order valence-electron chi connectivity index (χ1n) is 9.31. The molecular weight excluding hydrogens is 396 g/mol. The third-order valence-corrected chi connectivity index (χ3v) is 4.71. The highest BCUT2D eigenvalue weighted by Crippen LogP contribution is 2.32. The highest BCUT2D eigenvalue weighted by molar-refractivity contribution is 5.89. The van der Waals surface area contributed by atoms with Crippen LogP contribution in [0.1, 0.15) is 15.9 Å². The van der Waals surface area contributed by atoms with Crippen LogP contribution in [0.2, 0.25) is 0 Å². The van der Waals surface area contributed by atoms with E-state index in [1.54, 1.807) is 42.5 Å². The third-order valence-electron chi connectivity index (χ3n) is 4.71. The van der Waals surface area contributed by atoms with Crippen molar-refractivity contribution in [2.45, 2.75) is 37.3 Å². The fraction of sp³-hybridized carbons (Fsp3) is 0.381. The third kappa shape index (κ3) is 4.89. The first-order chi connectivity index (χ1) is 14.4. The van der Waals surface area contributed by atoms with Crippen molar-refractivity contribution in [3.05, 3.63) is 59.7 Å². The Morgan fingerprint density at radius 2 is 1.73 bits per heavy atom. The van der Waals surface area contributed by atoms with Crippen LogP contribution in [0.3, 0.4) is 0 Å². The summed E-state index contributed by atoms with van der Waals surface area (Å²) in [5, 5.41) is 39.9. The summed E-state index contributed by atoms with van der Waals surface area (Å²) < 4.78 is 21.6. The molecule has 3 rings (SSSR count). The lowest BCUT2D eigenvalue weighted by Gasteiger charge is -2.40. The molecule has 9 heteroatoms. The van der Waals surface area contributed by atoms with Crippen LogP contribution in [0.15, 0.2) is 48.5 Å². The van der Waals surface area contributed by atoms with E-state index in [0.717, 1.165) is 0 Å². The first kappa shape index (κ1) is 22.0. The molecule has 162 valence electrons. The molecule has 0 aromatic heterocycles. The number of methoxy groups -OCH3 is 1. The zero-order valence-corrected chi connectivity index (χ0v) is 16.2. The van der Waals surface area contributed by atoms with E-state index in [1.165, 1.54) is 13.2 Å². The molecule has 2 aromatic rings. The molecular formula is C21H24O9. The Bertz CT molecular complexity index is 842. The number of ether oxygens (including phenoxy) is 4. The number of rotatable bonds is 7. The monoisotopic (exact) mass is 420 g/mol. The van der Waals surface area contributed by atoms with Gasteiger partial charge in [-0.3, -0.25) is 0 Å². The summed E-state index contributed by atoms with van der Waals surface area (Å²) in [6.45, 7) is -0.557. The average molecular weight is 420 g/mol. The highest BCUT2D eigenvalue weighted by Gasteiger charge is 2.45. The number of hydrogen-bond acceptors (Lipinski definition) is 9. The Balaban J connectivity index is 1.69. The van der Waals surface area contributed by atoms with E-state index >= 15 is 0 Å². The highest BCUT2D eigenvalue weighted by atomic mass is 16.7. The molecule has 0 radical (unpaired) electrons. The topological polar surface area (TPSA) is 135 Å². The van der Waals surface area contributed by atoms with E-state index in [9.17, 15) is 25.2 Å². The molecule has 0 amide bonds. The second kappa shape index (κ2) is 9.88. The quantitative estimate of drug-likeness (QED) is 0.464. The number of esters is 1. The normalized spacial score (nSPS) is 26.1. The van der Waals surface area contributed by atoms with Crippen molar-refractivity contribution in [3.8, 4) is 11.5 Å². The van der Waals surface area contributed by atoms with Gasteiger partial charge in [-0.25, -0.2) is 4.79 Å². The molecule has 0 aliphatic carbocycles. The molecule has 1 heterocycles. The van der Waals surface area contributed by atoms with Gasteiger partial charge in [0.25, 0.3) is 0 Å². The van der Waals surface area contributed by atoms with E-state index in [0.29, 0.717) is 11.1 Å². The average Bonchev–Trinajstić information content (AvgIpc) is 2.79. The van der Waals surface area contributed by atoms with E-state index < -0.39 is 36.7 Å². The van der Waals surface area contributed by atoms with Crippen molar-refractivity contribution < 1.29 is 44.2 Å². The number of aliphatic hydroxyl groups is 4. The lowest BCUT2D eigenvalue weighted by Crippen LogP contribution is -2.60. The van der Waals surface area contributed by atoms with Crippen LogP contribution >= 0.6 is 0 Å². The molecule has 4 N–H and O–H groups in total. The fourth-order valence-electron chi connectivity index (χ4n) is 3.00. The van der Waals surface area contributed by atoms with Crippen molar-refractivity contribution >= 4 is 5.97 Å². The van der Waals surface area contributed by atoms with Crippen LogP contribution in [0.25, 0.3) is 0 Å². The van der Waals surface area contributed by atoms with Gasteiger partial charge < -0.3 is 39.4 Å². The standard InChI is InChI=1S/C21H24O9/c1-27-15-9-12(10-22)7-8-14(15)29-21-19(25)18(24)17(23)16(30-21)11-28-20(26)13-5-3-2-4-6-13/h2-9,16-19,21-25H,10-11H2,1H3/t16-,17-,18+,19-,21-/m1/s1. The molecule has 1 saturated heterocycles. The fourth-order valence-corrected chi connectivity index (χ4v) is 3.00. The molecule has 0 unspecified atom stereocenters. The number of aliphatic hydroxyl groups excluding tert-OH is 4. The minimum Gasteiger partial charge on any atom is -0.493 e. The van der Waals surface area contributed by atoms with Gasteiger partial charge >= 0.3 is 5.97 Å². The molecule has 5 atom stereocenters. The Morgan fingerprint density at radius 3 is 2.40 bits per heavy atom. The van der Waals surface area contributed by atoms with Gasteiger partial charge in [0.1, 0.15) is 31.0 Å². The Hall–Kier alpha value is -2.69. The maximum Gasteiger partial charge on any atom is 0.338 e. The number of hydrogen-bond donors (Lipinski definition) is 4. The van der Waals surface area contributed by atoms with Crippen LogP contribution in [0.4, 0.5) is 0 Å². The molecule has 1 aliphatic rings. The van der Waals surface area contributed by atoms with E-state index in [4.69, 9.17) is 18.9 Å². The molecule has 1 aliphatic heterocycles. The molecule has 2 aromatic carbocycles. The maximum atomic E-state index is 12.1. The van der Waals surface area contributed by atoms with Gasteiger partial charge in [-0.05, 0) is 29.8 Å². The maximum absolute atomic E-state index is 12.1. The van der Waals surface area contributed by atoms with Crippen molar-refractivity contribution in [3.63, 3.8) is 0 Å². The lowest BCUT2D eigenvalue weighted by molar-refractivity contribution is -0.277. The minimum absolute atomic E-state index is 0.195. The van der Waals surface area contributed by atoms with Crippen LogP contribution in [0.5, 0.6) is 11.5 Å². The Labute approximate surface area is 173 Å². The Kier molecular flexibility index (Phi) is 7.24. The molecule has 30 heavy (non-hydrogen) atoms. The summed E-state index contributed by atoms with van der Waals surface area (Å²) >= 11 is 0. The van der Waals surface area contributed by atoms with Gasteiger partial charge in [0.2, 0.25) is 6.29 Å². The van der Waals surface area contributed by atoms with E-state index in [1.807, 2.05) is 0 Å². The predicted octanol–water partition coefficient (Wildman–Crippen LogP) is 0.231. The Morgan fingerprint density at radius 1 is 1.00 bits per heavy atom. The van der Waals surface area contributed by atoms with E-state index in [2.05, 4.69) is 0 Å². The summed E-state index contributed by atoms with van der Waals surface area (Å²) in [6.07, 6.45) is -7.15. The van der Waals surface area contributed by atoms with Gasteiger partial charge in [-0.1, -0.05) is 24.3 Å². The van der Waals surface area contributed by atoms with Crippen LogP contribution in [0, 0.1) is 0 Å². The van der Waals surface area contributed by atoms with Gasteiger partial charge in [0.15, 0.2) is 11.5 Å². The second-order valence-electron chi connectivity index (χ2n) is 6.74. The van der Waals surface area contributed by atoms with Crippen molar-refractivity contribution in [1.82, 2.24) is 0 Å². The summed E-state index contributed by atoms with van der Waals surface area (Å²) in [5.74, 6) is -0.141. The zero-order chi connectivity index (χ0) is 21.7. The molecule has 0 saturated carbocycles. The minimum atomic E-state index is -1.59. The summed E-state index contributed by atoms with van der Waals surface area (Å²) in [5.41, 5.74) is 0.912. The van der Waals surface area contributed by atoms with E-state index in [-0.39, 0.29) is 24.7 Å². The number of carbonyl (C=O) groups is 1. The summed E-state index contributed by atoms with van der Waals surface area (Å²) in [6, 6.07) is 12.9. The summed E-state index contributed by atoms with van der Waals surface area (Å²) in [7, 11) is 1.41. The van der Waals surface area contributed by atoms with Crippen molar-refractivity contribution in [1.29, 1.82) is 0 Å². The molecule has 0 spiro atoms. The number of benzene rings is 2. The van der Waals surface area contributed by atoms with Gasteiger partial charge in [-0.15, -0.1) is 0 Å². The first-order valence-corrected chi connectivity index (χ1v) is 9.31. The largest absolute Gasteiger partial charge is 0.493 e. The van der Waals surface area contributed by atoms with Crippen LogP contribution in [-0.2, 0) is 16.1 Å². The second-order valence-corrected chi connectivity index (χ2v) is 6.74. The smallest absolute Gasteiger partial charge is 0.338 e. The summed E-state index contributed by atoms with van der Waals surface area (Å²) in [4.78, 5) is 12.1. The van der Waals surface area contributed by atoms with Gasteiger partial charge in [-0.2, -0.15) is 0 Å². The van der Waals surface area contributed by atoms with Gasteiger partial charge in [0, 0.05) is 0 Å². The van der Waals surface area contributed by atoms with Crippen molar-refractivity contribution in [2.24, 2.45) is 0 Å². The molecule has 1 fully saturated rings. The van der Waals surface area contributed by atoms with Crippen LogP contribution in [-0.4, -0.2) is 70.8 Å². The number of carbonyl (C=O) groups excluding carboxylic acids is 1. The van der Waals surface area contributed by atoms with Gasteiger partial charge in [0.05, 0.1) is 19.3 Å². The molecule has 0 bridgehead atoms.